The standard InChI is InChI=1S/C16H25NO3/c1-13-7-5-8-15(11-13)20-10-6-9-17(3)12-14(2)16(18)19-4/h5,7-8,11,14H,6,9-10,12H2,1-4H3. The van der Waals surface area contributed by atoms with Crippen LogP contribution in [-0.4, -0.2) is 44.7 Å². The number of aryl methyl sites for hydroxylation is 1. The van der Waals surface area contributed by atoms with Crippen LogP contribution in [0.15, 0.2) is 24.3 Å². The van der Waals surface area contributed by atoms with Crippen LogP contribution in [0.25, 0.3) is 0 Å². The topological polar surface area (TPSA) is 38.8 Å². The first-order valence-corrected chi connectivity index (χ1v) is 6.98. The van der Waals surface area contributed by atoms with E-state index in [2.05, 4.69) is 17.9 Å². The number of nitrogens with zero attached hydrogens (tertiary/aromatic N) is 1. The number of benzene rings is 1. The van der Waals surface area contributed by atoms with E-state index in [9.17, 15) is 4.79 Å². The molecule has 112 valence electrons. The van der Waals surface area contributed by atoms with E-state index in [0.717, 1.165) is 18.7 Å². The van der Waals surface area contributed by atoms with Crippen LogP contribution in [0.4, 0.5) is 0 Å². The van der Waals surface area contributed by atoms with Gasteiger partial charge in [0.25, 0.3) is 0 Å². The average Bonchev–Trinajstić information content (AvgIpc) is 2.42. The molecular formula is C16H25NO3. The Morgan fingerprint density at radius 3 is 2.80 bits per heavy atom. The van der Waals surface area contributed by atoms with E-state index in [1.54, 1.807) is 0 Å². The van der Waals surface area contributed by atoms with Crippen LogP contribution in [0.1, 0.15) is 18.9 Å². The second kappa shape index (κ2) is 8.59. The molecule has 0 aliphatic rings. The van der Waals surface area contributed by atoms with Gasteiger partial charge in [-0.25, -0.2) is 0 Å². The van der Waals surface area contributed by atoms with Crippen molar-refractivity contribution in [3.05, 3.63) is 29.8 Å². The van der Waals surface area contributed by atoms with Crippen molar-refractivity contribution >= 4 is 5.97 Å². The highest BCUT2D eigenvalue weighted by Gasteiger charge is 2.14. The predicted molar refractivity (Wildman–Crippen MR) is 80.0 cm³/mol. The maximum atomic E-state index is 11.3. The molecule has 1 aromatic rings. The van der Waals surface area contributed by atoms with E-state index in [0.29, 0.717) is 13.2 Å². The summed E-state index contributed by atoms with van der Waals surface area (Å²) < 4.78 is 10.4. The third kappa shape index (κ3) is 6.06. The Labute approximate surface area is 121 Å². The van der Waals surface area contributed by atoms with Crippen LogP contribution in [-0.2, 0) is 9.53 Å². The summed E-state index contributed by atoms with van der Waals surface area (Å²) in [6.45, 7) is 6.21. The maximum absolute atomic E-state index is 11.3. The summed E-state index contributed by atoms with van der Waals surface area (Å²) in [5.74, 6) is 0.658. The maximum Gasteiger partial charge on any atom is 0.309 e. The Kier molecular flexibility index (Phi) is 7.09. The normalized spacial score (nSPS) is 12.2. The SMILES string of the molecule is COC(=O)C(C)CN(C)CCCOc1cccc(C)c1. The molecule has 0 aliphatic carbocycles. The highest BCUT2D eigenvalue weighted by molar-refractivity contribution is 5.72. The molecule has 1 rings (SSSR count). The number of carbonyl (C=O) groups excluding carboxylic acids is 1. The van der Waals surface area contributed by atoms with Gasteiger partial charge in [-0.1, -0.05) is 19.1 Å². The summed E-state index contributed by atoms with van der Waals surface area (Å²) in [4.78, 5) is 13.4. The van der Waals surface area contributed by atoms with Crippen LogP contribution in [0.5, 0.6) is 5.75 Å². The highest BCUT2D eigenvalue weighted by atomic mass is 16.5. The van der Waals surface area contributed by atoms with E-state index in [-0.39, 0.29) is 11.9 Å². The van der Waals surface area contributed by atoms with Crippen LogP contribution >= 0.6 is 0 Å². The molecule has 1 atom stereocenters. The summed E-state index contributed by atoms with van der Waals surface area (Å²) in [5.41, 5.74) is 1.20. The number of hydrogen-bond acceptors (Lipinski definition) is 4. The minimum Gasteiger partial charge on any atom is -0.494 e. The molecule has 1 aromatic carbocycles. The van der Waals surface area contributed by atoms with E-state index < -0.39 is 0 Å². The lowest BCUT2D eigenvalue weighted by Gasteiger charge is -2.19. The molecule has 0 saturated carbocycles. The molecule has 0 spiro atoms. The minimum atomic E-state index is -0.159. The van der Waals surface area contributed by atoms with Gasteiger partial charge >= 0.3 is 5.97 Å². The van der Waals surface area contributed by atoms with Gasteiger partial charge in [-0.05, 0) is 38.1 Å². The van der Waals surface area contributed by atoms with Crippen molar-refractivity contribution in [2.24, 2.45) is 5.92 Å². The second-order valence-electron chi connectivity index (χ2n) is 5.20. The lowest BCUT2D eigenvalue weighted by molar-refractivity contribution is -0.145. The number of hydrogen-bond donors (Lipinski definition) is 0. The molecule has 0 aliphatic heterocycles. The first-order valence-electron chi connectivity index (χ1n) is 6.98. The Balaban J connectivity index is 2.19. The minimum absolute atomic E-state index is 0.0947. The molecule has 0 saturated heterocycles. The number of carbonyl (C=O) groups is 1. The molecule has 0 aromatic heterocycles. The molecule has 20 heavy (non-hydrogen) atoms. The van der Waals surface area contributed by atoms with Gasteiger partial charge in [-0.2, -0.15) is 0 Å². The summed E-state index contributed by atoms with van der Waals surface area (Å²) in [5, 5.41) is 0. The van der Waals surface area contributed by atoms with Crippen molar-refractivity contribution in [1.82, 2.24) is 4.90 Å². The van der Waals surface area contributed by atoms with Crippen molar-refractivity contribution in [2.45, 2.75) is 20.3 Å². The molecule has 4 heteroatoms. The summed E-state index contributed by atoms with van der Waals surface area (Å²) in [6.07, 6.45) is 0.929. The number of esters is 1. The smallest absolute Gasteiger partial charge is 0.309 e. The molecule has 1 unspecified atom stereocenters. The molecular weight excluding hydrogens is 254 g/mol. The molecule has 0 radical (unpaired) electrons. The highest BCUT2D eigenvalue weighted by Crippen LogP contribution is 2.12. The van der Waals surface area contributed by atoms with Crippen LogP contribution in [0.2, 0.25) is 0 Å². The lowest BCUT2D eigenvalue weighted by Crippen LogP contribution is -2.30. The Bertz CT molecular complexity index is 420. The van der Waals surface area contributed by atoms with Gasteiger partial charge in [0.2, 0.25) is 0 Å². The molecule has 4 nitrogen and oxygen atoms in total. The van der Waals surface area contributed by atoms with Gasteiger partial charge in [-0.15, -0.1) is 0 Å². The Morgan fingerprint density at radius 2 is 2.15 bits per heavy atom. The molecule has 0 heterocycles. The fourth-order valence-corrected chi connectivity index (χ4v) is 2.06. The van der Waals surface area contributed by atoms with Gasteiger partial charge in [0.15, 0.2) is 0 Å². The van der Waals surface area contributed by atoms with Crippen molar-refractivity contribution in [3.8, 4) is 5.75 Å². The fourth-order valence-electron chi connectivity index (χ4n) is 2.06. The molecule has 0 bridgehead atoms. The Hall–Kier alpha value is -1.55. The van der Waals surface area contributed by atoms with Gasteiger partial charge in [0, 0.05) is 13.1 Å². The third-order valence-electron chi connectivity index (χ3n) is 3.13. The lowest BCUT2D eigenvalue weighted by atomic mass is 10.2. The van der Waals surface area contributed by atoms with E-state index in [1.165, 1.54) is 12.7 Å². The Morgan fingerprint density at radius 1 is 1.40 bits per heavy atom. The number of rotatable bonds is 8. The van der Waals surface area contributed by atoms with Gasteiger partial charge < -0.3 is 14.4 Å². The zero-order chi connectivity index (χ0) is 15.0. The summed E-state index contributed by atoms with van der Waals surface area (Å²) in [6, 6.07) is 8.04. The number of methoxy groups -OCH3 is 1. The monoisotopic (exact) mass is 279 g/mol. The third-order valence-corrected chi connectivity index (χ3v) is 3.13. The van der Waals surface area contributed by atoms with Crippen LogP contribution in [0, 0.1) is 12.8 Å². The van der Waals surface area contributed by atoms with Gasteiger partial charge in [0.05, 0.1) is 19.6 Å². The second-order valence-corrected chi connectivity index (χ2v) is 5.20. The van der Waals surface area contributed by atoms with Crippen LogP contribution in [0.3, 0.4) is 0 Å². The zero-order valence-electron chi connectivity index (χ0n) is 12.9. The van der Waals surface area contributed by atoms with Crippen molar-refractivity contribution < 1.29 is 14.3 Å². The van der Waals surface area contributed by atoms with Crippen molar-refractivity contribution in [1.29, 1.82) is 0 Å². The number of ether oxygens (including phenoxy) is 2. The molecule has 0 amide bonds. The van der Waals surface area contributed by atoms with Crippen molar-refractivity contribution in [2.75, 3.05) is 33.9 Å². The largest absolute Gasteiger partial charge is 0.494 e. The summed E-state index contributed by atoms with van der Waals surface area (Å²) >= 11 is 0. The van der Waals surface area contributed by atoms with Gasteiger partial charge in [0.1, 0.15) is 5.75 Å². The van der Waals surface area contributed by atoms with Crippen LogP contribution < -0.4 is 4.74 Å². The quantitative estimate of drug-likeness (QED) is 0.541. The fraction of sp³-hybridized carbons (Fsp3) is 0.562. The van der Waals surface area contributed by atoms with E-state index >= 15 is 0 Å². The molecule has 0 fully saturated rings. The predicted octanol–water partition coefficient (Wildman–Crippen LogP) is 2.50. The zero-order valence-corrected chi connectivity index (χ0v) is 12.9. The first kappa shape index (κ1) is 16.5. The summed E-state index contributed by atoms with van der Waals surface area (Å²) in [7, 11) is 3.43. The van der Waals surface area contributed by atoms with Gasteiger partial charge in [-0.3, -0.25) is 4.79 Å². The van der Waals surface area contributed by atoms with Crippen molar-refractivity contribution in [3.63, 3.8) is 0 Å². The first-order chi connectivity index (χ1) is 9.52. The average molecular weight is 279 g/mol. The van der Waals surface area contributed by atoms with E-state index in [1.807, 2.05) is 32.2 Å². The van der Waals surface area contributed by atoms with E-state index in [4.69, 9.17) is 9.47 Å². The molecule has 0 N–H and O–H groups in total.